The lowest BCUT2D eigenvalue weighted by molar-refractivity contribution is 0.643. The van der Waals surface area contributed by atoms with E-state index in [0.29, 0.717) is 5.56 Å². The first-order valence-corrected chi connectivity index (χ1v) is 12.8. The molecule has 4 nitrogen and oxygen atoms in total. The third-order valence-corrected chi connectivity index (χ3v) is 7.98. The predicted octanol–water partition coefficient (Wildman–Crippen LogP) is 7.68. The largest absolute Gasteiger partial charge is 0.310 e. The number of hydrogen-bond donors (Lipinski definition) is 0. The summed E-state index contributed by atoms with van der Waals surface area (Å²) < 4.78 is 4.66. The van der Waals surface area contributed by atoms with Gasteiger partial charge in [-0.15, -0.1) is 0 Å². The summed E-state index contributed by atoms with van der Waals surface area (Å²) in [6.07, 6.45) is 10.7. The van der Waals surface area contributed by atoms with Crippen LogP contribution < -0.4 is 0 Å². The molecule has 0 aliphatic heterocycles. The van der Waals surface area contributed by atoms with E-state index >= 15 is 0 Å². The highest BCUT2D eigenvalue weighted by molar-refractivity contribution is 6.09. The van der Waals surface area contributed by atoms with Crippen molar-refractivity contribution in [1.82, 2.24) is 9.13 Å². The van der Waals surface area contributed by atoms with E-state index in [1.807, 2.05) is 18.2 Å². The Hall–Kier alpha value is -4.80. The minimum atomic E-state index is -0.0967. The zero-order valence-electron chi connectivity index (χ0n) is 20.5. The van der Waals surface area contributed by atoms with Crippen molar-refractivity contribution in [1.29, 1.82) is 10.5 Å². The summed E-state index contributed by atoms with van der Waals surface area (Å²) in [4.78, 5) is 0. The number of fused-ring (bicyclic) bond motifs is 6. The van der Waals surface area contributed by atoms with Gasteiger partial charge in [0.2, 0.25) is 0 Å². The molecule has 0 N–H and O–H groups in total. The molecule has 2 aliphatic rings. The van der Waals surface area contributed by atoms with Gasteiger partial charge in [-0.05, 0) is 78.6 Å². The number of hydrogen-bond acceptors (Lipinski definition) is 2. The van der Waals surface area contributed by atoms with Gasteiger partial charge in [0.05, 0.1) is 34.7 Å². The van der Waals surface area contributed by atoms with Crippen molar-refractivity contribution in [3.8, 4) is 23.5 Å². The Morgan fingerprint density at radius 2 is 1.62 bits per heavy atom. The fourth-order valence-electron chi connectivity index (χ4n) is 6.28. The molecule has 0 bridgehead atoms. The Bertz CT molecular complexity index is 1880. The fraction of sp³-hybridized carbons (Fsp3) is 0.152. The van der Waals surface area contributed by atoms with Gasteiger partial charge in [0.1, 0.15) is 0 Å². The van der Waals surface area contributed by atoms with Crippen LogP contribution in [0.15, 0.2) is 78.9 Å². The minimum absolute atomic E-state index is 0.0967. The van der Waals surface area contributed by atoms with Crippen LogP contribution in [-0.2, 0) is 6.42 Å². The van der Waals surface area contributed by atoms with Crippen LogP contribution in [0.3, 0.4) is 0 Å². The van der Waals surface area contributed by atoms with Crippen LogP contribution >= 0.6 is 0 Å². The smallest absolute Gasteiger partial charge is 0.0991 e. The normalized spacial score (nSPS) is 17.9. The zero-order valence-corrected chi connectivity index (χ0v) is 20.5. The summed E-state index contributed by atoms with van der Waals surface area (Å²) >= 11 is 0. The van der Waals surface area contributed by atoms with E-state index in [2.05, 4.69) is 101 Å². The van der Waals surface area contributed by atoms with Gasteiger partial charge in [-0.1, -0.05) is 43.3 Å². The van der Waals surface area contributed by atoms with Crippen molar-refractivity contribution < 1.29 is 0 Å². The number of nitriles is 2. The first kappa shape index (κ1) is 21.5. The van der Waals surface area contributed by atoms with Crippen LogP contribution in [0.4, 0.5) is 0 Å². The van der Waals surface area contributed by atoms with E-state index in [4.69, 9.17) is 0 Å². The van der Waals surface area contributed by atoms with E-state index in [9.17, 15) is 10.5 Å². The third kappa shape index (κ3) is 3.06. The van der Waals surface area contributed by atoms with E-state index in [0.717, 1.165) is 46.0 Å². The number of aromatic nitrogens is 2. The van der Waals surface area contributed by atoms with Crippen molar-refractivity contribution in [2.75, 3.05) is 0 Å². The van der Waals surface area contributed by atoms with Gasteiger partial charge in [0.25, 0.3) is 0 Å². The Morgan fingerprint density at radius 3 is 2.46 bits per heavy atom. The summed E-state index contributed by atoms with van der Waals surface area (Å²) in [7, 11) is 0. The summed E-state index contributed by atoms with van der Waals surface area (Å²) in [5.41, 5.74) is 10.2. The molecule has 4 heteroatoms. The molecule has 0 saturated heterocycles. The van der Waals surface area contributed by atoms with Crippen LogP contribution in [-0.4, -0.2) is 9.13 Å². The maximum Gasteiger partial charge on any atom is 0.0991 e. The summed E-state index contributed by atoms with van der Waals surface area (Å²) in [5, 5.41) is 21.4. The van der Waals surface area contributed by atoms with E-state index < -0.39 is 0 Å². The van der Waals surface area contributed by atoms with Crippen LogP contribution in [0.25, 0.3) is 45.3 Å². The van der Waals surface area contributed by atoms with Gasteiger partial charge in [0, 0.05) is 39.5 Å². The number of benzene rings is 3. The van der Waals surface area contributed by atoms with Crippen molar-refractivity contribution in [3.05, 3.63) is 107 Å². The molecule has 2 heterocycles. The number of allylic oxidation sites excluding steroid dienone is 2. The highest BCUT2D eigenvalue weighted by atomic mass is 15.0. The van der Waals surface area contributed by atoms with Crippen molar-refractivity contribution in [2.45, 2.75) is 25.7 Å². The predicted molar refractivity (Wildman–Crippen MR) is 149 cm³/mol. The Kier molecular flexibility index (Phi) is 4.71. The lowest BCUT2D eigenvalue weighted by Crippen LogP contribution is -2.12. The molecule has 5 aromatic rings. The molecular formula is C33H24N4. The molecule has 7 rings (SSSR count). The van der Waals surface area contributed by atoms with Gasteiger partial charge < -0.3 is 9.13 Å². The summed E-state index contributed by atoms with van der Waals surface area (Å²) in [6, 6.07) is 27.8. The molecular weight excluding hydrogens is 452 g/mol. The van der Waals surface area contributed by atoms with E-state index in [1.54, 1.807) is 0 Å². The summed E-state index contributed by atoms with van der Waals surface area (Å²) in [5.74, 6) is 0.0712. The number of nitrogens with zero attached hydrogens (tertiary/aromatic N) is 4. The van der Waals surface area contributed by atoms with Crippen molar-refractivity contribution in [2.24, 2.45) is 5.92 Å². The molecule has 0 saturated carbocycles. The molecule has 2 aliphatic carbocycles. The first-order chi connectivity index (χ1) is 18.2. The lowest BCUT2D eigenvalue weighted by atomic mass is 9.80. The molecule has 2 unspecified atom stereocenters. The molecule has 3 aromatic carbocycles. The van der Waals surface area contributed by atoms with Gasteiger partial charge in [-0.2, -0.15) is 10.5 Å². The maximum absolute atomic E-state index is 9.72. The molecule has 0 fully saturated rings. The third-order valence-electron chi connectivity index (χ3n) is 7.98. The highest BCUT2D eigenvalue weighted by Gasteiger charge is 2.31. The Morgan fingerprint density at radius 1 is 0.811 bits per heavy atom. The highest BCUT2D eigenvalue weighted by Crippen LogP contribution is 2.43. The molecule has 176 valence electrons. The second-order valence-corrected chi connectivity index (χ2v) is 9.96. The van der Waals surface area contributed by atoms with Gasteiger partial charge in [0.15, 0.2) is 0 Å². The van der Waals surface area contributed by atoms with Crippen molar-refractivity contribution in [3.63, 3.8) is 0 Å². The topological polar surface area (TPSA) is 57.4 Å². The molecule has 0 radical (unpaired) electrons. The SMILES string of the molecule is CC1c2c3c(n(-c4cccc(-n5c6ccccc6c6cc(C#N)ccc65)c4)c2C=CC1C#N)C=CCC3. The Labute approximate surface area is 215 Å². The van der Waals surface area contributed by atoms with Crippen molar-refractivity contribution >= 4 is 34.0 Å². The number of rotatable bonds is 2. The summed E-state index contributed by atoms with van der Waals surface area (Å²) in [6.45, 7) is 2.18. The Balaban J connectivity index is 1.48. The average Bonchev–Trinajstić information content (AvgIpc) is 3.46. The van der Waals surface area contributed by atoms with E-state index in [-0.39, 0.29) is 11.8 Å². The van der Waals surface area contributed by atoms with Gasteiger partial charge in [-0.25, -0.2) is 0 Å². The molecule has 37 heavy (non-hydrogen) atoms. The lowest BCUT2D eigenvalue weighted by Gasteiger charge is -2.22. The van der Waals surface area contributed by atoms with Crippen LogP contribution in [0, 0.1) is 28.6 Å². The fourth-order valence-corrected chi connectivity index (χ4v) is 6.28. The molecule has 2 atom stereocenters. The van der Waals surface area contributed by atoms with E-state index in [1.165, 1.54) is 22.5 Å². The number of para-hydroxylation sites is 1. The molecule has 0 amide bonds. The van der Waals surface area contributed by atoms with Crippen LogP contribution in [0.5, 0.6) is 0 Å². The molecule has 0 spiro atoms. The average molecular weight is 477 g/mol. The second-order valence-electron chi connectivity index (χ2n) is 9.96. The van der Waals surface area contributed by atoms with Gasteiger partial charge in [-0.3, -0.25) is 0 Å². The zero-order chi connectivity index (χ0) is 25.1. The minimum Gasteiger partial charge on any atom is -0.310 e. The second kappa shape index (κ2) is 8.12. The first-order valence-electron chi connectivity index (χ1n) is 12.8. The van der Waals surface area contributed by atoms with Crippen LogP contribution in [0.1, 0.15) is 47.3 Å². The van der Waals surface area contributed by atoms with Gasteiger partial charge >= 0.3 is 0 Å². The standard InChI is InChI=1S/C33H24N4/c1-21-23(20-35)14-16-32-33(21)27-10-3-5-12-30(27)37(32)25-8-6-7-24(18-25)36-29-11-4-2-9-26(29)28-17-22(19-34)13-15-31(28)36/h2,4-9,11-18,21,23H,3,10H2,1H3. The van der Waals surface area contributed by atoms with Crippen LogP contribution in [0.2, 0.25) is 0 Å². The monoisotopic (exact) mass is 476 g/mol. The maximum atomic E-state index is 9.72. The quantitative estimate of drug-likeness (QED) is 0.262. The molecule has 2 aromatic heterocycles.